The number of para-hydroxylation sites is 2. The first-order valence-corrected chi connectivity index (χ1v) is 6.96. The molecule has 1 aromatic rings. The van der Waals surface area contributed by atoms with E-state index in [1.54, 1.807) is 6.07 Å². The first-order valence-electron chi connectivity index (χ1n) is 6.43. The molecule has 1 aliphatic heterocycles. The lowest BCUT2D eigenvalue weighted by Crippen LogP contribution is -2.45. The van der Waals surface area contributed by atoms with E-state index < -0.39 is 6.10 Å². The molecule has 1 N–H and O–H groups in total. The molecule has 0 radical (unpaired) electrons. The quantitative estimate of drug-likeness (QED) is 0.843. The normalized spacial score (nSPS) is 18.7. The first-order chi connectivity index (χ1) is 9.20. The Hall–Kier alpha value is -1.42. The third kappa shape index (κ3) is 3.77. The van der Waals surface area contributed by atoms with Crippen molar-refractivity contribution in [1.82, 2.24) is 5.32 Å². The number of ether oxygens (including phenoxy) is 2. The molecule has 0 spiro atoms. The Labute approximate surface area is 118 Å². The van der Waals surface area contributed by atoms with Crippen LogP contribution in [-0.2, 0) is 4.79 Å². The molecule has 2 atom stereocenters. The van der Waals surface area contributed by atoms with Crippen molar-refractivity contribution < 1.29 is 14.3 Å². The smallest absolute Gasteiger partial charge is 0.264 e. The summed E-state index contributed by atoms with van der Waals surface area (Å²) in [4.78, 5) is 12.0. The largest absolute Gasteiger partial charge is 0.485 e. The maximum atomic E-state index is 12.0. The summed E-state index contributed by atoms with van der Waals surface area (Å²) in [5.41, 5.74) is 0. The summed E-state index contributed by atoms with van der Waals surface area (Å²) >= 11 is 5.66. The summed E-state index contributed by atoms with van der Waals surface area (Å²) in [6.07, 6.45) is 0.297. The predicted molar refractivity (Wildman–Crippen MR) is 73.9 cm³/mol. The van der Waals surface area contributed by atoms with Gasteiger partial charge in [-0.1, -0.05) is 19.1 Å². The lowest BCUT2D eigenvalue weighted by atomic mass is 10.1. The van der Waals surface area contributed by atoms with Gasteiger partial charge in [0.25, 0.3) is 5.91 Å². The van der Waals surface area contributed by atoms with Gasteiger partial charge in [0, 0.05) is 12.4 Å². The van der Waals surface area contributed by atoms with Gasteiger partial charge in [-0.25, -0.2) is 0 Å². The van der Waals surface area contributed by atoms with Gasteiger partial charge in [0.2, 0.25) is 6.10 Å². The van der Waals surface area contributed by atoms with Gasteiger partial charge in [-0.15, -0.1) is 11.6 Å². The minimum Gasteiger partial charge on any atom is -0.485 e. The Morgan fingerprint density at radius 2 is 2.21 bits per heavy atom. The third-order valence-electron chi connectivity index (χ3n) is 3.03. The number of benzene rings is 1. The molecule has 1 aliphatic rings. The van der Waals surface area contributed by atoms with Crippen LogP contribution in [0.1, 0.15) is 13.3 Å². The highest BCUT2D eigenvalue weighted by atomic mass is 35.5. The van der Waals surface area contributed by atoms with Gasteiger partial charge in [-0.3, -0.25) is 4.79 Å². The molecule has 0 bridgehead atoms. The van der Waals surface area contributed by atoms with Crippen molar-refractivity contribution >= 4 is 17.5 Å². The molecule has 0 aromatic heterocycles. The van der Waals surface area contributed by atoms with Crippen molar-refractivity contribution in [2.75, 3.05) is 19.0 Å². The second kappa shape index (κ2) is 6.66. The molecular weight excluding hydrogens is 266 g/mol. The molecule has 2 rings (SSSR count). The van der Waals surface area contributed by atoms with Crippen molar-refractivity contribution in [1.29, 1.82) is 0 Å². The summed E-state index contributed by atoms with van der Waals surface area (Å²) in [6, 6.07) is 7.35. The van der Waals surface area contributed by atoms with Gasteiger partial charge in [-0.05, 0) is 24.5 Å². The van der Waals surface area contributed by atoms with Crippen molar-refractivity contribution in [2.24, 2.45) is 5.92 Å². The molecule has 104 valence electrons. The van der Waals surface area contributed by atoms with Gasteiger partial charge in [-0.2, -0.15) is 0 Å². The van der Waals surface area contributed by atoms with E-state index in [0.29, 0.717) is 29.8 Å². The average molecular weight is 284 g/mol. The van der Waals surface area contributed by atoms with Crippen molar-refractivity contribution in [2.45, 2.75) is 19.4 Å². The minimum atomic E-state index is -0.585. The maximum absolute atomic E-state index is 12.0. The number of halogens is 1. The number of hydrogen-bond acceptors (Lipinski definition) is 3. The summed E-state index contributed by atoms with van der Waals surface area (Å²) in [5, 5.41) is 2.87. The van der Waals surface area contributed by atoms with E-state index in [2.05, 4.69) is 12.2 Å². The molecule has 1 aromatic carbocycles. The van der Waals surface area contributed by atoms with E-state index in [0.717, 1.165) is 6.42 Å². The zero-order chi connectivity index (χ0) is 13.7. The fourth-order valence-corrected chi connectivity index (χ4v) is 2.20. The van der Waals surface area contributed by atoms with Crippen LogP contribution in [0.4, 0.5) is 0 Å². The zero-order valence-corrected chi connectivity index (χ0v) is 11.7. The fraction of sp³-hybridized carbons (Fsp3) is 0.500. The number of carbonyl (C=O) groups is 1. The van der Waals surface area contributed by atoms with Crippen LogP contribution < -0.4 is 14.8 Å². The molecule has 5 heteroatoms. The Balaban J connectivity index is 1.85. The molecular formula is C14H18ClNO3. The number of hydrogen-bond donors (Lipinski definition) is 1. The van der Waals surface area contributed by atoms with Crippen LogP contribution in [0.2, 0.25) is 0 Å². The maximum Gasteiger partial charge on any atom is 0.264 e. The summed E-state index contributed by atoms with van der Waals surface area (Å²) in [7, 11) is 0. The van der Waals surface area contributed by atoms with Crippen LogP contribution >= 0.6 is 11.6 Å². The van der Waals surface area contributed by atoms with E-state index in [9.17, 15) is 4.79 Å². The van der Waals surface area contributed by atoms with Gasteiger partial charge < -0.3 is 14.8 Å². The van der Waals surface area contributed by atoms with Crippen molar-refractivity contribution in [3.63, 3.8) is 0 Å². The molecule has 1 amide bonds. The number of fused-ring (bicyclic) bond motifs is 1. The zero-order valence-electron chi connectivity index (χ0n) is 10.9. The summed E-state index contributed by atoms with van der Waals surface area (Å²) in [6.45, 7) is 2.90. The van der Waals surface area contributed by atoms with Crippen LogP contribution in [0.25, 0.3) is 0 Å². The molecule has 0 fully saturated rings. The van der Waals surface area contributed by atoms with Gasteiger partial charge >= 0.3 is 0 Å². The van der Waals surface area contributed by atoms with Crippen LogP contribution in [0.3, 0.4) is 0 Å². The number of rotatable bonds is 5. The van der Waals surface area contributed by atoms with Crippen LogP contribution in [0.5, 0.6) is 11.5 Å². The highest BCUT2D eigenvalue weighted by Gasteiger charge is 2.27. The first kappa shape index (κ1) is 14.0. The topological polar surface area (TPSA) is 47.6 Å². The lowest BCUT2D eigenvalue weighted by Gasteiger charge is -2.26. The van der Waals surface area contributed by atoms with Crippen LogP contribution in [-0.4, -0.2) is 31.0 Å². The average Bonchev–Trinajstić information content (AvgIpc) is 2.44. The van der Waals surface area contributed by atoms with Crippen molar-refractivity contribution in [3.8, 4) is 11.5 Å². The second-order valence-corrected chi connectivity index (χ2v) is 5.07. The molecule has 0 aliphatic carbocycles. The van der Waals surface area contributed by atoms with E-state index in [1.807, 2.05) is 18.2 Å². The Bertz CT molecular complexity index is 438. The molecule has 4 nitrogen and oxygen atoms in total. The van der Waals surface area contributed by atoms with Gasteiger partial charge in [0.15, 0.2) is 11.5 Å². The van der Waals surface area contributed by atoms with Crippen LogP contribution in [0.15, 0.2) is 24.3 Å². The third-order valence-corrected chi connectivity index (χ3v) is 3.25. The van der Waals surface area contributed by atoms with Crippen molar-refractivity contribution in [3.05, 3.63) is 24.3 Å². The molecule has 0 saturated carbocycles. The predicted octanol–water partition coefficient (Wildman–Crippen LogP) is 2.21. The molecule has 0 saturated heterocycles. The molecule has 2 unspecified atom stereocenters. The Kier molecular flexibility index (Phi) is 4.91. The number of carbonyl (C=O) groups excluding carboxylic acids is 1. The van der Waals surface area contributed by atoms with Gasteiger partial charge in [0.1, 0.15) is 6.61 Å². The van der Waals surface area contributed by atoms with E-state index in [-0.39, 0.29) is 12.5 Å². The summed E-state index contributed by atoms with van der Waals surface area (Å²) in [5.74, 6) is 2.12. The molecule has 19 heavy (non-hydrogen) atoms. The van der Waals surface area contributed by atoms with E-state index in [1.165, 1.54) is 0 Å². The van der Waals surface area contributed by atoms with E-state index in [4.69, 9.17) is 21.1 Å². The summed E-state index contributed by atoms with van der Waals surface area (Å²) < 4.78 is 11.1. The van der Waals surface area contributed by atoms with Gasteiger partial charge in [0.05, 0.1) is 0 Å². The number of alkyl halides is 1. The fourth-order valence-electron chi connectivity index (χ4n) is 1.83. The van der Waals surface area contributed by atoms with E-state index >= 15 is 0 Å². The minimum absolute atomic E-state index is 0.143. The Morgan fingerprint density at radius 3 is 2.95 bits per heavy atom. The van der Waals surface area contributed by atoms with Crippen LogP contribution in [0, 0.1) is 5.92 Å². The SMILES string of the molecule is CC(CCCl)CNC(=O)C1COc2ccccc2O1. The Morgan fingerprint density at radius 1 is 1.47 bits per heavy atom. The number of amides is 1. The molecule has 1 heterocycles. The number of nitrogens with one attached hydrogen (secondary N) is 1. The standard InChI is InChI=1S/C14H18ClNO3/c1-10(6-7-15)8-16-14(17)13-9-18-11-4-2-3-5-12(11)19-13/h2-5,10,13H,6-9H2,1H3,(H,16,17). The second-order valence-electron chi connectivity index (χ2n) is 4.69. The monoisotopic (exact) mass is 283 g/mol. The lowest BCUT2D eigenvalue weighted by molar-refractivity contribution is -0.130. The highest BCUT2D eigenvalue weighted by molar-refractivity contribution is 6.17. The highest BCUT2D eigenvalue weighted by Crippen LogP contribution is 2.30.